The molecule has 1 aromatic carbocycles. The summed E-state index contributed by atoms with van der Waals surface area (Å²) in [5.74, 6) is 0.942. The fraction of sp³-hybridized carbons (Fsp3) is 0.455. The lowest BCUT2D eigenvalue weighted by Gasteiger charge is -2.10. The number of rotatable bonds is 4. The molecule has 1 N–H and O–H groups in total. The molecule has 0 aliphatic carbocycles. The van der Waals surface area contributed by atoms with Gasteiger partial charge in [-0.1, -0.05) is 12.1 Å². The van der Waals surface area contributed by atoms with Gasteiger partial charge in [-0.25, -0.2) is 0 Å². The third kappa shape index (κ3) is 2.96. The molecular formula is C11H17NS. The molecule has 0 saturated heterocycles. The van der Waals surface area contributed by atoms with Gasteiger partial charge in [0.25, 0.3) is 0 Å². The summed E-state index contributed by atoms with van der Waals surface area (Å²) in [7, 11) is 0. The number of aryl methyl sites for hydroxylation is 1. The van der Waals surface area contributed by atoms with Crippen LogP contribution in [0.15, 0.2) is 18.2 Å². The molecule has 0 amide bonds. The van der Waals surface area contributed by atoms with Crippen LogP contribution in [-0.2, 0) is 0 Å². The average Bonchev–Trinajstić information content (AvgIpc) is 2.13. The minimum absolute atomic E-state index is 0.942. The highest BCUT2D eigenvalue weighted by Crippen LogP contribution is 2.17. The Morgan fingerprint density at radius 3 is 2.77 bits per heavy atom. The van der Waals surface area contributed by atoms with Crippen LogP contribution in [0.4, 0.5) is 5.69 Å². The van der Waals surface area contributed by atoms with Crippen molar-refractivity contribution in [3.05, 3.63) is 29.3 Å². The molecule has 0 saturated carbocycles. The second-order valence-electron chi connectivity index (χ2n) is 3.25. The molecule has 72 valence electrons. The Kier molecular flexibility index (Phi) is 4.16. The molecule has 0 fully saturated rings. The van der Waals surface area contributed by atoms with E-state index in [1.807, 2.05) is 0 Å². The highest BCUT2D eigenvalue weighted by molar-refractivity contribution is 7.80. The first-order chi connectivity index (χ1) is 6.25. The van der Waals surface area contributed by atoms with Crippen LogP contribution >= 0.6 is 12.6 Å². The van der Waals surface area contributed by atoms with Crippen molar-refractivity contribution in [1.82, 2.24) is 0 Å². The van der Waals surface area contributed by atoms with Crippen LogP contribution in [0, 0.1) is 13.8 Å². The van der Waals surface area contributed by atoms with Crippen molar-refractivity contribution in [2.45, 2.75) is 20.3 Å². The fourth-order valence-electron chi connectivity index (χ4n) is 1.24. The maximum absolute atomic E-state index is 4.17. The van der Waals surface area contributed by atoms with Crippen LogP contribution in [0.1, 0.15) is 17.5 Å². The number of thiol groups is 1. The Bertz CT molecular complexity index is 271. The fourth-order valence-corrected chi connectivity index (χ4v) is 1.40. The first-order valence-corrected chi connectivity index (χ1v) is 5.30. The minimum atomic E-state index is 0.942. The summed E-state index contributed by atoms with van der Waals surface area (Å²) in [4.78, 5) is 0. The largest absolute Gasteiger partial charge is 0.385 e. The Hall–Kier alpha value is -0.630. The van der Waals surface area contributed by atoms with Gasteiger partial charge in [0.2, 0.25) is 0 Å². The maximum Gasteiger partial charge on any atom is 0.0372 e. The molecule has 0 aliphatic heterocycles. The minimum Gasteiger partial charge on any atom is -0.385 e. The third-order valence-electron chi connectivity index (χ3n) is 2.25. The number of anilines is 1. The molecule has 0 aromatic heterocycles. The first kappa shape index (κ1) is 10.5. The topological polar surface area (TPSA) is 12.0 Å². The molecule has 0 unspecified atom stereocenters. The van der Waals surface area contributed by atoms with Crippen molar-refractivity contribution in [3.8, 4) is 0 Å². The molecule has 1 nitrogen and oxygen atoms in total. The van der Waals surface area contributed by atoms with Gasteiger partial charge >= 0.3 is 0 Å². The molecule has 0 spiro atoms. The van der Waals surface area contributed by atoms with Crippen LogP contribution in [0.25, 0.3) is 0 Å². The van der Waals surface area contributed by atoms with E-state index in [9.17, 15) is 0 Å². The van der Waals surface area contributed by atoms with E-state index in [4.69, 9.17) is 0 Å². The number of hydrogen-bond acceptors (Lipinski definition) is 2. The number of benzene rings is 1. The second-order valence-corrected chi connectivity index (χ2v) is 3.70. The lowest BCUT2D eigenvalue weighted by atomic mass is 10.1. The van der Waals surface area contributed by atoms with E-state index in [0.717, 1.165) is 18.7 Å². The van der Waals surface area contributed by atoms with Gasteiger partial charge in [0, 0.05) is 12.2 Å². The van der Waals surface area contributed by atoms with Crippen LogP contribution in [0.5, 0.6) is 0 Å². The van der Waals surface area contributed by atoms with Crippen molar-refractivity contribution in [2.75, 3.05) is 17.6 Å². The summed E-state index contributed by atoms with van der Waals surface area (Å²) in [6.45, 7) is 5.30. The van der Waals surface area contributed by atoms with E-state index in [-0.39, 0.29) is 0 Å². The normalized spacial score (nSPS) is 10.1. The number of hydrogen-bond donors (Lipinski definition) is 2. The zero-order valence-corrected chi connectivity index (χ0v) is 9.20. The van der Waals surface area contributed by atoms with E-state index >= 15 is 0 Å². The Balaban J connectivity index is 2.61. The lowest BCUT2D eigenvalue weighted by Crippen LogP contribution is -2.03. The van der Waals surface area contributed by atoms with Crippen molar-refractivity contribution >= 4 is 18.3 Å². The van der Waals surface area contributed by atoms with Gasteiger partial charge in [0.1, 0.15) is 0 Å². The quantitative estimate of drug-likeness (QED) is 0.556. The van der Waals surface area contributed by atoms with E-state index in [1.165, 1.54) is 16.8 Å². The molecule has 0 heterocycles. The van der Waals surface area contributed by atoms with Gasteiger partial charge in [-0.05, 0) is 43.2 Å². The molecule has 1 rings (SSSR count). The van der Waals surface area contributed by atoms with Crippen LogP contribution in [-0.4, -0.2) is 12.3 Å². The summed E-state index contributed by atoms with van der Waals surface area (Å²) < 4.78 is 0. The zero-order valence-electron chi connectivity index (χ0n) is 8.30. The highest BCUT2D eigenvalue weighted by Gasteiger charge is 1.98. The van der Waals surface area contributed by atoms with Crippen LogP contribution in [0.2, 0.25) is 0 Å². The highest BCUT2D eigenvalue weighted by atomic mass is 32.1. The molecule has 1 aromatic rings. The van der Waals surface area contributed by atoms with Gasteiger partial charge in [0.05, 0.1) is 0 Å². The Morgan fingerprint density at radius 2 is 2.08 bits per heavy atom. The van der Waals surface area contributed by atoms with Crippen molar-refractivity contribution < 1.29 is 0 Å². The number of nitrogens with one attached hydrogen (secondary N) is 1. The van der Waals surface area contributed by atoms with Crippen molar-refractivity contribution in [3.63, 3.8) is 0 Å². The van der Waals surface area contributed by atoms with E-state index in [1.54, 1.807) is 0 Å². The summed E-state index contributed by atoms with van der Waals surface area (Å²) in [6, 6.07) is 6.35. The molecule has 0 aliphatic rings. The van der Waals surface area contributed by atoms with Gasteiger partial charge in [-0.2, -0.15) is 12.6 Å². The average molecular weight is 195 g/mol. The molecule has 0 bridgehead atoms. The van der Waals surface area contributed by atoms with Gasteiger partial charge < -0.3 is 5.32 Å². The standard InChI is InChI=1S/C11H17NS/c1-9-5-3-6-11(10(9)2)12-7-4-8-13/h3,5-6,12-13H,4,7-8H2,1-2H3. The van der Waals surface area contributed by atoms with Gasteiger partial charge in [-0.3, -0.25) is 0 Å². The SMILES string of the molecule is Cc1cccc(NCCCS)c1C. The van der Waals surface area contributed by atoms with E-state index < -0.39 is 0 Å². The van der Waals surface area contributed by atoms with Gasteiger partial charge in [0.15, 0.2) is 0 Å². The Labute approximate surface area is 86.0 Å². The zero-order chi connectivity index (χ0) is 9.68. The second kappa shape index (κ2) is 5.18. The Morgan fingerprint density at radius 1 is 1.31 bits per heavy atom. The van der Waals surface area contributed by atoms with E-state index in [0.29, 0.717) is 0 Å². The summed E-state index contributed by atoms with van der Waals surface area (Å²) >= 11 is 4.17. The predicted molar refractivity (Wildman–Crippen MR) is 62.9 cm³/mol. The first-order valence-electron chi connectivity index (χ1n) is 4.66. The van der Waals surface area contributed by atoms with E-state index in [2.05, 4.69) is 50.0 Å². The summed E-state index contributed by atoms with van der Waals surface area (Å²) in [5, 5.41) is 3.41. The molecule has 2 heteroatoms. The summed E-state index contributed by atoms with van der Waals surface area (Å²) in [6.07, 6.45) is 1.11. The molecule has 0 radical (unpaired) electrons. The van der Waals surface area contributed by atoms with Gasteiger partial charge in [-0.15, -0.1) is 0 Å². The smallest absolute Gasteiger partial charge is 0.0372 e. The van der Waals surface area contributed by atoms with Crippen LogP contribution in [0.3, 0.4) is 0 Å². The molecular weight excluding hydrogens is 178 g/mol. The van der Waals surface area contributed by atoms with Crippen LogP contribution < -0.4 is 5.32 Å². The predicted octanol–water partition coefficient (Wildman–Crippen LogP) is 3.04. The van der Waals surface area contributed by atoms with Crippen molar-refractivity contribution in [1.29, 1.82) is 0 Å². The molecule has 0 atom stereocenters. The molecule has 13 heavy (non-hydrogen) atoms. The lowest BCUT2D eigenvalue weighted by molar-refractivity contribution is 0.992. The summed E-state index contributed by atoms with van der Waals surface area (Å²) in [5.41, 5.74) is 3.94. The third-order valence-corrected chi connectivity index (χ3v) is 2.57. The maximum atomic E-state index is 4.17. The van der Waals surface area contributed by atoms with Crippen molar-refractivity contribution in [2.24, 2.45) is 0 Å². The monoisotopic (exact) mass is 195 g/mol.